The van der Waals surface area contributed by atoms with Crippen LogP contribution in [0.15, 0.2) is 18.3 Å². The molecule has 1 aliphatic rings. The van der Waals surface area contributed by atoms with Crippen LogP contribution in [0.4, 0.5) is 0 Å². The van der Waals surface area contributed by atoms with Crippen LogP contribution in [0.25, 0.3) is 0 Å². The lowest BCUT2D eigenvalue weighted by Gasteiger charge is -2.15. The van der Waals surface area contributed by atoms with Crippen molar-refractivity contribution in [3.8, 4) is 5.88 Å². The van der Waals surface area contributed by atoms with Crippen LogP contribution in [0.3, 0.4) is 0 Å². The molecule has 1 fully saturated rings. The van der Waals surface area contributed by atoms with Gasteiger partial charge < -0.3 is 15.2 Å². The van der Waals surface area contributed by atoms with E-state index in [0.29, 0.717) is 18.0 Å². The van der Waals surface area contributed by atoms with Gasteiger partial charge >= 0.3 is 0 Å². The van der Waals surface area contributed by atoms with Gasteiger partial charge in [-0.1, -0.05) is 6.42 Å². The molecule has 2 N–H and O–H groups in total. The maximum absolute atomic E-state index is 12.0. The monoisotopic (exact) mass is 250 g/mol. The molecular weight excluding hydrogens is 232 g/mol. The molecule has 0 bridgehead atoms. The summed E-state index contributed by atoms with van der Waals surface area (Å²) in [6.07, 6.45) is 4.11. The topological polar surface area (TPSA) is 71.5 Å². The van der Waals surface area contributed by atoms with Crippen molar-refractivity contribution in [3.05, 3.63) is 23.9 Å². The van der Waals surface area contributed by atoms with Gasteiger partial charge in [0.05, 0.1) is 13.2 Å². The van der Waals surface area contributed by atoms with E-state index < -0.39 is 0 Å². The molecule has 98 valence electrons. The van der Waals surface area contributed by atoms with Gasteiger partial charge in [-0.15, -0.1) is 0 Å². The number of aromatic nitrogens is 1. The first-order chi connectivity index (χ1) is 8.72. The maximum atomic E-state index is 12.0. The highest BCUT2D eigenvalue weighted by atomic mass is 16.5. The lowest BCUT2D eigenvalue weighted by atomic mass is 10.1. The van der Waals surface area contributed by atoms with Gasteiger partial charge in [-0.25, -0.2) is 4.98 Å². The number of nitrogens with one attached hydrogen (secondary N) is 1. The molecule has 1 saturated carbocycles. The van der Waals surface area contributed by atoms with E-state index in [2.05, 4.69) is 10.3 Å². The zero-order valence-electron chi connectivity index (χ0n) is 10.4. The standard InChI is InChI=1S/C13H18N2O3/c1-18-13-10(5-3-7-14-13)12(17)15-8-9-4-2-6-11(9)16/h3,5,7,9,11,16H,2,4,6,8H2,1H3,(H,15,17). The lowest BCUT2D eigenvalue weighted by molar-refractivity contribution is 0.0913. The Bertz CT molecular complexity index is 422. The molecule has 0 spiro atoms. The maximum Gasteiger partial charge on any atom is 0.256 e. The second-order valence-corrected chi connectivity index (χ2v) is 4.53. The summed E-state index contributed by atoms with van der Waals surface area (Å²) in [7, 11) is 1.49. The van der Waals surface area contributed by atoms with Gasteiger partial charge in [0.2, 0.25) is 5.88 Å². The molecule has 1 aromatic rings. The number of aliphatic hydroxyl groups excluding tert-OH is 1. The molecule has 5 heteroatoms. The number of pyridine rings is 1. The molecule has 0 saturated heterocycles. The lowest BCUT2D eigenvalue weighted by Crippen LogP contribution is -2.32. The highest BCUT2D eigenvalue weighted by molar-refractivity contribution is 5.96. The number of carbonyl (C=O) groups is 1. The molecular formula is C13H18N2O3. The molecule has 1 amide bonds. The Balaban J connectivity index is 1.95. The van der Waals surface area contributed by atoms with E-state index in [0.717, 1.165) is 19.3 Å². The van der Waals surface area contributed by atoms with Gasteiger partial charge in [-0.3, -0.25) is 4.79 Å². The second kappa shape index (κ2) is 5.82. The number of methoxy groups -OCH3 is 1. The van der Waals surface area contributed by atoms with Gasteiger partial charge in [0, 0.05) is 18.7 Å². The van der Waals surface area contributed by atoms with Crippen molar-refractivity contribution in [3.63, 3.8) is 0 Å². The molecule has 2 rings (SSSR count). The summed E-state index contributed by atoms with van der Waals surface area (Å²) < 4.78 is 5.04. The van der Waals surface area contributed by atoms with E-state index in [1.165, 1.54) is 7.11 Å². The third-order valence-corrected chi connectivity index (χ3v) is 3.35. The van der Waals surface area contributed by atoms with E-state index in [9.17, 15) is 9.90 Å². The Morgan fingerprint density at radius 1 is 1.61 bits per heavy atom. The number of nitrogens with zero attached hydrogens (tertiary/aromatic N) is 1. The Kier molecular flexibility index (Phi) is 4.15. The number of hydrogen-bond acceptors (Lipinski definition) is 4. The van der Waals surface area contributed by atoms with Crippen molar-refractivity contribution in [2.24, 2.45) is 5.92 Å². The smallest absolute Gasteiger partial charge is 0.256 e. The van der Waals surface area contributed by atoms with Crippen LogP contribution in [0.2, 0.25) is 0 Å². The van der Waals surface area contributed by atoms with Crippen LogP contribution < -0.4 is 10.1 Å². The fraction of sp³-hybridized carbons (Fsp3) is 0.538. The number of aliphatic hydroxyl groups is 1. The van der Waals surface area contributed by atoms with Gasteiger partial charge in [-0.2, -0.15) is 0 Å². The average molecular weight is 250 g/mol. The summed E-state index contributed by atoms with van der Waals surface area (Å²) in [5.74, 6) is 0.276. The van der Waals surface area contributed by atoms with E-state index in [-0.39, 0.29) is 17.9 Å². The fourth-order valence-electron chi connectivity index (χ4n) is 2.30. The average Bonchev–Trinajstić information content (AvgIpc) is 2.81. The summed E-state index contributed by atoms with van der Waals surface area (Å²) in [6, 6.07) is 3.37. The van der Waals surface area contributed by atoms with Crippen molar-refractivity contribution >= 4 is 5.91 Å². The highest BCUT2D eigenvalue weighted by Crippen LogP contribution is 2.24. The van der Waals surface area contributed by atoms with Crippen molar-refractivity contribution in [1.29, 1.82) is 0 Å². The number of hydrogen-bond donors (Lipinski definition) is 2. The van der Waals surface area contributed by atoms with Crippen LogP contribution in [0.1, 0.15) is 29.6 Å². The largest absolute Gasteiger partial charge is 0.480 e. The predicted molar refractivity (Wildman–Crippen MR) is 66.5 cm³/mol. The molecule has 1 heterocycles. The minimum Gasteiger partial charge on any atom is -0.480 e. The highest BCUT2D eigenvalue weighted by Gasteiger charge is 2.25. The molecule has 0 aromatic carbocycles. The zero-order chi connectivity index (χ0) is 13.0. The predicted octanol–water partition coefficient (Wildman–Crippen LogP) is 0.981. The van der Waals surface area contributed by atoms with Gasteiger partial charge in [-0.05, 0) is 25.0 Å². The van der Waals surface area contributed by atoms with Crippen molar-refractivity contribution < 1.29 is 14.6 Å². The van der Waals surface area contributed by atoms with E-state index in [1.54, 1.807) is 18.3 Å². The van der Waals surface area contributed by atoms with Crippen LogP contribution in [-0.4, -0.2) is 35.8 Å². The number of ether oxygens (including phenoxy) is 1. The summed E-state index contributed by atoms with van der Waals surface area (Å²) >= 11 is 0. The molecule has 2 atom stereocenters. The number of amides is 1. The van der Waals surface area contributed by atoms with E-state index >= 15 is 0 Å². The van der Waals surface area contributed by atoms with Gasteiger partial charge in [0.1, 0.15) is 5.56 Å². The molecule has 0 radical (unpaired) electrons. The first-order valence-electron chi connectivity index (χ1n) is 6.17. The Morgan fingerprint density at radius 3 is 3.11 bits per heavy atom. The SMILES string of the molecule is COc1ncccc1C(=O)NCC1CCCC1O. The minimum absolute atomic E-state index is 0.164. The molecule has 5 nitrogen and oxygen atoms in total. The van der Waals surface area contributed by atoms with Crippen molar-refractivity contribution in [2.45, 2.75) is 25.4 Å². The van der Waals surface area contributed by atoms with Crippen LogP contribution in [0, 0.1) is 5.92 Å². The minimum atomic E-state index is -0.291. The molecule has 18 heavy (non-hydrogen) atoms. The van der Waals surface area contributed by atoms with Crippen LogP contribution >= 0.6 is 0 Å². The van der Waals surface area contributed by atoms with Crippen molar-refractivity contribution in [2.75, 3.05) is 13.7 Å². The first kappa shape index (κ1) is 12.8. The zero-order valence-corrected chi connectivity index (χ0v) is 10.4. The van der Waals surface area contributed by atoms with E-state index in [4.69, 9.17) is 4.74 Å². The normalized spacial score (nSPS) is 22.8. The fourth-order valence-corrected chi connectivity index (χ4v) is 2.30. The van der Waals surface area contributed by atoms with Crippen LogP contribution in [-0.2, 0) is 0 Å². The third-order valence-electron chi connectivity index (χ3n) is 3.35. The third kappa shape index (κ3) is 2.79. The molecule has 1 aliphatic carbocycles. The van der Waals surface area contributed by atoms with Crippen LogP contribution in [0.5, 0.6) is 5.88 Å². The quantitative estimate of drug-likeness (QED) is 0.835. The molecule has 0 aliphatic heterocycles. The Labute approximate surface area is 106 Å². The van der Waals surface area contributed by atoms with Gasteiger partial charge in [0.15, 0.2) is 0 Å². The Hall–Kier alpha value is -1.62. The molecule has 1 aromatic heterocycles. The van der Waals surface area contributed by atoms with Crippen molar-refractivity contribution in [1.82, 2.24) is 10.3 Å². The summed E-state index contributed by atoms with van der Waals surface area (Å²) in [4.78, 5) is 16.0. The van der Waals surface area contributed by atoms with Gasteiger partial charge in [0.25, 0.3) is 5.91 Å². The number of carbonyl (C=O) groups excluding carboxylic acids is 1. The summed E-state index contributed by atoms with van der Waals surface area (Å²) in [5, 5.41) is 12.5. The first-order valence-corrected chi connectivity index (χ1v) is 6.17. The summed E-state index contributed by atoms with van der Waals surface area (Å²) in [5.41, 5.74) is 0.424. The Morgan fingerprint density at radius 2 is 2.44 bits per heavy atom. The molecule has 2 unspecified atom stereocenters. The van der Waals surface area contributed by atoms with E-state index in [1.807, 2.05) is 0 Å². The summed E-state index contributed by atoms with van der Waals surface area (Å²) in [6.45, 7) is 0.498. The number of rotatable bonds is 4. The second-order valence-electron chi connectivity index (χ2n) is 4.53.